The molecule has 1 aromatic carbocycles. The first-order valence-corrected chi connectivity index (χ1v) is 7.62. The summed E-state index contributed by atoms with van der Waals surface area (Å²) in [5.41, 5.74) is 1.36. The third kappa shape index (κ3) is 1.86. The topological polar surface area (TPSA) is 0 Å². The van der Waals surface area contributed by atoms with Gasteiger partial charge in [0.2, 0.25) is 0 Å². The second kappa shape index (κ2) is 3.23. The van der Waals surface area contributed by atoms with Crippen LogP contribution in [0.1, 0.15) is 5.56 Å². The Morgan fingerprint density at radius 2 is 1.50 bits per heavy atom. The molecule has 0 bridgehead atoms. The molecule has 0 fully saturated rings. The molecule has 0 nitrogen and oxygen atoms in total. The van der Waals surface area contributed by atoms with Gasteiger partial charge in [-0.25, -0.2) is 0 Å². The Labute approximate surface area is 67.2 Å². The van der Waals surface area contributed by atoms with Crippen molar-refractivity contribution in [2.45, 2.75) is 18.6 Å². The molecule has 0 aromatic heterocycles. The Kier molecular flexibility index (Phi) is 2.53. The van der Waals surface area contributed by atoms with Crippen molar-refractivity contribution in [1.29, 1.82) is 0 Å². The Bertz CT molecular complexity index is 198. The van der Waals surface area contributed by atoms with Gasteiger partial charge in [-0.2, -0.15) is 0 Å². The molecule has 10 heavy (non-hydrogen) atoms. The van der Waals surface area contributed by atoms with E-state index in [0.717, 1.165) is 0 Å². The van der Waals surface area contributed by atoms with Crippen LogP contribution < -0.4 is 4.46 Å². The van der Waals surface area contributed by atoms with Crippen LogP contribution in [0.15, 0.2) is 24.3 Å². The SMILES string of the molecule is Cc1ccc([Se+](C)C)cc1. The van der Waals surface area contributed by atoms with E-state index in [4.69, 9.17) is 0 Å². The van der Waals surface area contributed by atoms with Gasteiger partial charge in [-0.3, -0.25) is 0 Å². The zero-order chi connectivity index (χ0) is 7.56. The number of benzene rings is 1. The van der Waals surface area contributed by atoms with E-state index >= 15 is 0 Å². The standard InChI is InChI=1S/C9H13Se/c1-8-4-6-9(7-5-8)10(2)3/h4-7H,1-3H3/q+1. The number of aryl methyl sites for hydroxylation is 1. The predicted molar refractivity (Wildman–Crippen MR) is 48.3 cm³/mol. The van der Waals surface area contributed by atoms with E-state index in [1.807, 2.05) is 0 Å². The molecule has 0 atom stereocenters. The van der Waals surface area contributed by atoms with Crippen molar-refractivity contribution in [2.75, 3.05) is 0 Å². The van der Waals surface area contributed by atoms with Crippen molar-refractivity contribution in [3.8, 4) is 0 Å². The molecule has 0 heterocycles. The maximum atomic E-state index is 2.34. The average molecular weight is 200 g/mol. The van der Waals surface area contributed by atoms with Crippen LogP contribution in [-0.4, -0.2) is 13.9 Å². The van der Waals surface area contributed by atoms with E-state index < -0.39 is 13.9 Å². The zero-order valence-corrected chi connectivity index (χ0v) is 8.43. The first-order chi connectivity index (χ1) is 4.70. The predicted octanol–water partition coefficient (Wildman–Crippen LogP) is 1.96. The van der Waals surface area contributed by atoms with E-state index in [2.05, 4.69) is 42.8 Å². The first-order valence-electron chi connectivity index (χ1n) is 3.34. The zero-order valence-electron chi connectivity index (χ0n) is 6.72. The van der Waals surface area contributed by atoms with Crippen LogP contribution >= 0.6 is 0 Å². The maximum absolute atomic E-state index is 2.34. The molecule has 0 aliphatic heterocycles. The number of hydrogen-bond acceptors (Lipinski definition) is 0. The van der Waals surface area contributed by atoms with Gasteiger partial charge >= 0.3 is 66.8 Å². The molecular weight excluding hydrogens is 187 g/mol. The molecule has 0 saturated heterocycles. The van der Waals surface area contributed by atoms with Crippen LogP contribution in [0.3, 0.4) is 0 Å². The van der Waals surface area contributed by atoms with Gasteiger partial charge in [0.05, 0.1) is 0 Å². The molecule has 1 aromatic rings. The van der Waals surface area contributed by atoms with Crippen molar-refractivity contribution >= 4 is 18.4 Å². The Morgan fingerprint density at radius 3 is 1.90 bits per heavy atom. The summed E-state index contributed by atoms with van der Waals surface area (Å²) < 4.78 is 1.55. The summed E-state index contributed by atoms with van der Waals surface area (Å²) in [5.74, 6) is 4.68. The van der Waals surface area contributed by atoms with Gasteiger partial charge in [0.15, 0.2) is 0 Å². The van der Waals surface area contributed by atoms with Gasteiger partial charge in [-0.1, -0.05) is 0 Å². The van der Waals surface area contributed by atoms with E-state index in [1.165, 1.54) is 5.56 Å². The molecule has 54 valence electrons. The van der Waals surface area contributed by atoms with Crippen LogP contribution in [0.5, 0.6) is 0 Å². The summed E-state index contributed by atoms with van der Waals surface area (Å²) in [7, 11) is 0. The average Bonchev–Trinajstić information content (AvgIpc) is 1.88. The summed E-state index contributed by atoms with van der Waals surface area (Å²) >= 11 is -0.429. The fraction of sp³-hybridized carbons (Fsp3) is 0.333. The number of rotatable bonds is 1. The molecule has 0 N–H and O–H groups in total. The summed E-state index contributed by atoms with van der Waals surface area (Å²) in [5, 5.41) is 0. The molecule has 0 aliphatic rings. The van der Waals surface area contributed by atoms with Crippen molar-refractivity contribution in [2.24, 2.45) is 0 Å². The molecule has 0 saturated carbocycles. The summed E-state index contributed by atoms with van der Waals surface area (Å²) in [6.45, 7) is 2.13. The summed E-state index contributed by atoms with van der Waals surface area (Å²) in [6.07, 6.45) is 0. The minimum absolute atomic E-state index is 0.429. The van der Waals surface area contributed by atoms with Gasteiger partial charge in [-0.05, 0) is 0 Å². The molecule has 0 aliphatic carbocycles. The quantitative estimate of drug-likeness (QED) is 0.608. The van der Waals surface area contributed by atoms with Crippen LogP contribution in [0.2, 0.25) is 11.6 Å². The molecule has 1 rings (SSSR count). The normalized spacial score (nSPS) is 10.4. The molecule has 0 amide bonds. The third-order valence-electron chi connectivity index (χ3n) is 1.49. The van der Waals surface area contributed by atoms with Crippen LogP contribution in [0, 0.1) is 6.92 Å². The van der Waals surface area contributed by atoms with Crippen molar-refractivity contribution in [1.82, 2.24) is 0 Å². The molecular formula is C9H13Se+. The molecule has 0 radical (unpaired) electrons. The second-order valence-corrected chi connectivity index (χ2v) is 7.04. The fourth-order valence-corrected chi connectivity index (χ4v) is 2.24. The van der Waals surface area contributed by atoms with Crippen molar-refractivity contribution < 1.29 is 0 Å². The molecule has 0 spiro atoms. The Balaban J connectivity index is 2.89. The third-order valence-corrected chi connectivity index (χ3v) is 4.04. The monoisotopic (exact) mass is 201 g/mol. The van der Waals surface area contributed by atoms with Crippen LogP contribution in [0.25, 0.3) is 0 Å². The number of hydrogen-bond donors (Lipinski definition) is 0. The first kappa shape index (κ1) is 7.84. The fourth-order valence-electron chi connectivity index (χ4n) is 0.810. The van der Waals surface area contributed by atoms with Gasteiger partial charge in [0.1, 0.15) is 0 Å². The minimum atomic E-state index is -0.429. The van der Waals surface area contributed by atoms with Crippen molar-refractivity contribution in [3.05, 3.63) is 29.8 Å². The summed E-state index contributed by atoms with van der Waals surface area (Å²) in [4.78, 5) is 0. The van der Waals surface area contributed by atoms with Crippen LogP contribution in [-0.2, 0) is 0 Å². The van der Waals surface area contributed by atoms with Gasteiger partial charge in [-0.15, -0.1) is 0 Å². The van der Waals surface area contributed by atoms with Crippen molar-refractivity contribution in [3.63, 3.8) is 0 Å². The van der Waals surface area contributed by atoms with Gasteiger partial charge < -0.3 is 0 Å². The van der Waals surface area contributed by atoms with E-state index in [9.17, 15) is 0 Å². The Morgan fingerprint density at radius 1 is 1.00 bits per heavy atom. The molecule has 0 unspecified atom stereocenters. The van der Waals surface area contributed by atoms with Gasteiger partial charge in [0.25, 0.3) is 0 Å². The van der Waals surface area contributed by atoms with Gasteiger partial charge in [0, 0.05) is 0 Å². The summed E-state index contributed by atoms with van der Waals surface area (Å²) in [6, 6.07) is 8.89. The molecule has 1 heteroatoms. The van der Waals surface area contributed by atoms with E-state index in [1.54, 1.807) is 4.46 Å². The second-order valence-electron chi connectivity index (χ2n) is 2.63. The van der Waals surface area contributed by atoms with E-state index in [0.29, 0.717) is 0 Å². The Hall–Kier alpha value is -0.261. The van der Waals surface area contributed by atoms with E-state index in [-0.39, 0.29) is 0 Å². The van der Waals surface area contributed by atoms with Crippen LogP contribution in [0.4, 0.5) is 0 Å².